The number of hydrogen-bond acceptors (Lipinski definition) is 4. The van der Waals surface area contributed by atoms with Crippen molar-refractivity contribution in [2.75, 3.05) is 20.3 Å². The number of nitrogens with zero attached hydrogens (tertiary/aromatic N) is 2. The second kappa shape index (κ2) is 4.94. The van der Waals surface area contributed by atoms with E-state index in [4.69, 9.17) is 9.47 Å². The van der Waals surface area contributed by atoms with E-state index in [2.05, 4.69) is 10.4 Å². The minimum Gasteiger partial charge on any atom is -0.384 e. The Kier molecular flexibility index (Phi) is 3.28. The van der Waals surface area contributed by atoms with Crippen LogP contribution in [-0.4, -0.2) is 48.2 Å². The van der Waals surface area contributed by atoms with Gasteiger partial charge < -0.3 is 14.8 Å². The molecule has 1 amide bonds. The largest absolute Gasteiger partial charge is 0.384 e. The van der Waals surface area contributed by atoms with Crippen molar-refractivity contribution in [1.82, 2.24) is 15.1 Å². The number of ether oxygens (including phenoxy) is 2. The van der Waals surface area contributed by atoms with Gasteiger partial charge >= 0.3 is 0 Å². The van der Waals surface area contributed by atoms with Crippen LogP contribution in [0.25, 0.3) is 0 Å². The predicted molar refractivity (Wildman–Crippen MR) is 67.7 cm³/mol. The van der Waals surface area contributed by atoms with Crippen LogP contribution in [0.2, 0.25) is 0 Å². The van der Waals surface area contributed by atoms with Crippen LogP contribution >= 0.6 is 0 Å². The zero-order chi connectivity index (χ0) is 13.4. The third kappa shape index (κ3) is 2.04. The summed E-state index contributed by atoms with van der Waals surface area (Å²) in [6.07, 6.45) is 2.89. The van der Waals surface area contributed by atoms with Gasteiger partial charge in [0.05, 0.1) is 12.7 Å². The molecule has 4 atom stereocenters. The molecule has 104 valence electrons. The first-order valence-electron chi connectivity index (χ1n) is 6.61. The number of amides is 1. The third-order valence-electron chi connectivity index (χ3n) is 4.24. The first kappa shape index (κ1) is 12.6. The molecule has 3 rings (SSSR count). The normalized spacial score (nSPS) is 32.7. The van der Waals surface area contributed by atoms with Gasteiger partial charge in [0.1, 0.15) is 5.69 Å². The Balaban J connectivity index is 1.68. The Morgan fingerprint density at radius 3 is 3.21 bits per heavy atom. The summed E-state index contributed by atoms with van der Waals surface area (Å²) in [6, 6.07) is 1.87. The second-order valence-corrected chi connectivity index (χ2v) is 5.25. The lowest BCUT2D eigenvalue weighted by Gasteiger charge is -2.47. The summed E-state index contributed by atoms with van der Waals surface area (Å²) in [4.78, 5) is 12.2. The van der Waals surface area contributed by atoms with Gasteiger partial charge in [0.2, 0.25) is 0 Å². The Hall–Kier alpha value is -1.40. The van der Waals surface area contributed by atoms with E-state index in [0.29, 0.717) is 18.2 Å². The number of hydrogen-bond donors (Lipinski definition) is 1. The van der Waals surface area contributed by atoms with Gasteiger partial charge in [-0.1, -0.05) is 0 Å². The Morgan fingerprint density at radius 2 is 2.53 bits per heavy atom. The number of nitrogens with one attached hydrogen (secondary N) is 1. The molecule has 1 N–H and O–H groups in total. The topological polar surface area (TPSA) is 65.4 Å². The number of aromatic nitrogens is 2. The van der Waals surface area contributed by atoms with E-state index in [1.807, 2.05) is 0 Å². The summed E-state index contributed by atoms with van der Waals surface area (Å²) >= 11 is 0. The summed E-state index contributed by atoms with van der Waals surface area (Å²) < 4.78 is 12.5. The average molecular weight is 265 g/mol. The van der Waals surface area contributed by atoms with Crippen LogP contribution in [0.3, 0.4) is 0 Å². The van der Waals surface area contributed by atoms with Crippen molar-refractivity contribution >= 4 is 5.91 Å². The smallest absolute Gasteiger partial charge is 0.269 e. The highest BCUT2D eigenvalue weighted by atomic mass is 16.5. The number of methoxy groups -OCH3 is 1. The van der Waals surface area contributed by atoms with Gasteiger partial charge in [0.15, 0.2) is 0 Å². The van der Waals surface area contributed by atoms with Gasteiger partial charge in [0, 0.05) is 44.8 Å². The van der Waals surface area contributed by atoms with E-state index in [9.17, 15) is 4.79 Å². The van der Waals surface area contributed by atoms with E-state index < -0.39 is 0 Å². The molecule has 0 unspecified atom stereocenters. The number of carbonyl (C=O) groups is 1. The maximum atomic E-state index is 12.2. The molecular weight excluding hydrogens is 246 g/mol. The molecule has 2 heterocycles. The Labute approximate surface area is 112 Å². The predicted octanol–water partition coefficient (Wildman–Crippen LogP) is 0.200. The molecular formula is C13H19N3O3. The molecule has 1 saturated carbocycles. The molecule has 6 nitrogen and oxygen atoms in total. The van der Waals surface area contributed by atoms with Gasteiger partial charge in [-0.25, -0.2) is 0 Å². The molecule has 0 spiro atoms. The fourth-order valence-corrected chi connectivity index (χ4v) is 3.26. The maximum Gasteiger partial charge on any atom is 0.269 e. The van der Waals surface area contributed by atoms with Crippen LogP contribution in [0.4, 0.5) is 0 Å². The molecule has 2 fully saturated rings. The summed E-state index contributed by atoms with van der Waals surface area (Å²) in [5.74, 6) is 0.614. The Morgan fingerprint density at radius 1 is 1.68 bits per heavy atom. The minimum absolute atomic E-state index is 0.0727. The maximum absolute atomic E-state index is 12.2. The molecule has 1 saturated heterocycles. The molecule has 1 aromatic rings. The van der Waals surface area contributed by atoms with Gasteiger partial charge in [-0.15, -0.1) is 0 Å². The van der Waals surface area contributed by atoms with Crippen molar-refractivity contribution in [3.8, 4) is 0 Å². The number of carbonyl (C=O) groups excluding carboxylic acids is 1. The summed E-state index contributed by atoms with van der Waals surface area (Å²) in [5, 5.41) is 7.12. The monoisotopic (exact) mass is 265 g/mol. The van der Waals surface area contributed by atoms with E-state index in [1.54, 1.807) is 31.1 Å². The third-order valence-corrected chi connectivity index (χ3v) is 4.24. The standard InChI is InChI=1S/C13H19N3O3/c1-16-10(3-5-14-16)13(17)15-11-8-4-6-19-12(8)9(11)7-18-2/h3,5,8-9,11-12H,4,6-7H2,1-2H3,(H,15,17)/t8-,9+,11+,12-/m0/s1. The zero-order valence-electron chi connectivity index (χ0n) is 11.2. The SMILES string of the molecule is COC[C@@H]1[C@H](NC(=O)c2ccnn2C)[C@@H]2CCO[C@H]12. The fourth-order valence-electron chi connectivity index (χ4n) is 3.26. The molecule has 1 aliphatic heterocycles. The van der Waals surface area contributed by atoms with Crippen molar-refractivity contribution < 1.29 is 14.3 Å². The second-order valence-electron chi connectivity index (χ2n) is 5.25. The first-order valence-corrected chi connectivity index (χ1v) is 6.61. The highest BCUT2D eigenvalue weighted by Crippen LogP contribution is 2.43. The van der Waals surface area contributed by atoms with Crippen molar-refractivity contribution in [1.29, 1.82) is 0 Å². The van der Waals surface area contributed by atoms with E-state index in [-0.39, 0.29) is 24.0 Å². The van der Waals surface area contributed by atoms with E-state index in [0.717, 1.165) is 13.0 Å². The Bertz CT molecular complexity index is 473. The molecule has 1 aliphatic carbocycles. The van der Waals surface area contributed by atoms with Crippen LogP contribution in [0.15, 0.2) is 12.3 Å². The van der Waals surface area contributed by atoms with E-state index in [1.165, 1.54) is 0 Å². The zero-order valence-corrected chi connectivity index (χ0v) is 11.2. The lowest BCUT2D eigenvalue weighted by atomic mass is 9.67. The van der Waals surface area contributed by atoms with Crippen LogP contribution < -0.4 is 5.32 Å². The van der Waals surface area contributed by atoms with Gasteiger partial charge in [-0.2, -0.15) is 5.10 Å². The number of rotatable bonds is 4. The van der Waals surface area contributed by atoms with Crippen LogP contribution in [0, 0.1) is 11.8 Å². The quantitative estimate of drug-likeness (QED) is 0.844. The fraction of sp³-hybridized carbons (Fsp3) is 0.692. The first-order chi connectivity index (χ1) is 9.22. The molecule has 2 aliphatic rings. The highest BCUT2D eigenvalue weighted by Gasteiger charge is 2.54. The van der Waals surface area contributed by atoms with Crippen molar-refractivity contribution in [2.45, 2.75) is 18.6 Å². The highest BCUT2D eigenvalue weighted by molar-refractivity contribution is 5.92. The van der Waals surface area contributed by atoms with E-state index >= 15 is 0 Å². The summed E-state index contributed by atoms with van der Waals surface area (Å²) in [5.41, 5.74) is 0.582. The lowest BCUT2D eigenvalue weighted by molar-refractivity contribution is -0.0810. The van der Waals surface area contributed by atoms with Gasteiger partial charge in [0.25, 0.3) is 5.91 Å². The van der Waals surface area contributed by atoms with Crippen LogP contribution in [0.5, 0.6) is 0 Å². The molecule has 0 bridgehead atoms. The van der Waals surface area contributed by atoms with Crippen molar-refractivity contribution in [2.24, 2.45) is 18.9 Å². The van der Waals surface area contributed by atoms with Gasteiger partial charge in [-0.3, -0.25) is 9.48 Å². The van der Waals surface area contributed by atoms with Gasteiger partial charge in [-0.05, 0) is 12.5 Å². The lowest BCUT2D eigenvalue weighted by Crippen LogP contribution is -2.62. The average Bonchev–Trinajstić information content (AvgIpc) is 2.99. The minimum atomic E-state index is -0.0727. The summed E-state index contributed by atoms with van der Waals surface area (Å²) in [6.45, 7) is 1.41. The molecule has 6 heteroatoms. The molecule has 0 radical (unpaired) electrons. The molecule has 19 heavy (non-hydrogen) atoms. The number of fused-ring (bicyclic) bond motifs is 1. The molecule has 0 aromatic carbocycles. The van der Waals surface area contributed by atoms with Crippen molar-refractivity contribution in [3.05, 3.63) is 18.0 Å². The van der Waals surface area contributed by atoms with Crippen molar-refractivity contribution in [3.63, 3.8) is 0 Å². The number of aryl methyl sites for hydroxylation is 1. The summed E-state index contributed by atoms with van der Waals surface area (Å²) in [7, 11) is 3.45. The molecule has 1 aromatic heterocycles. The van der Waals surface area contributed by atoms with Crippen LogP contribution in [-0.2, 0) is 16.5 Å². The van der Waals surface area contributed by atoms with Crippen LogP contribution in [0.1, 0.15) is 16.9 Å².